The lowest BCUT2D eigenvalue weighted by Gasteiger charge is -2.20. The molecule has 5 heteroatoms. The van der Waals surface area contributed by atoms with Gasteiger partial charge in [0.25, 0.3) is 5.91 Å². The van der Waals surface area contributed by atoms with Gasteiger partial charge in [0.05, 0.1) is 0 Å². The molecular weight excluding hydrogens is 359 g/mol. The second-order valence-electron chi connectivity index (χ2n) is 6.60. The molecule has 0 spiro atoms. The lowest BCUT2D eigenvalue weighted by Crippen LogP contribution is -2.32. The summed E-state index contributed by atoms with van der Waals surface area (Å²) in [7, 11) is 0. The zero-order valence-electron chi connectivity index (χ0n) is 14.9. The Morgan fingerprint density at radius 3 is 2.44 bits per heavy atom. The van der Waals surface area contributed by atoms with E-state index in [-0.39, 0.29) is 17.0 Å². The van der Waals surface area contributed by atoms with Crippen molar-refractivity contribution in [1.29, 1.82) is 0 Å². The minimum atomic E-state index is -0.157. The molecule has 0 radical (unpaired) electrons. The molecule has 1 saturated heterocycles. The van der Waals surface area contributed by atoms with E-state index in [9.17, 15) is 9.18 Å². The van der Waals surface area contributed by atoms with Crippen molar-refractivity contribution in [2.75, 3.05) is 18.8 Å². The number of rotatable bonds is 3. The van der Waals surface area contributed by atoms with E-state index in [1.807, 2.05) is 70.4 Å². The van der Waals surface area contributed by atoms with Crippen LogP contribution < -0.4 is 0 Å². The zero-order chi connectivity index (χ0) is 18.6. The number of hydrogen-bond donors (Lipinski definition) is 0. The van der Waals surface area contributed by atoms with Crippen molar-refractivity contribution in [3.63, 3.8) is 0 Å². The van der Waals surface area contributed by atoms with Crippen molar-refractivity contribution in [2.24, 2.45) is 0 Å². The molecule has 3 aromatic rings. The van der Waals surface area contributed by atoms with E-state index >= 15 is 0 Å². The average molecular weight is 380 g/mol. The van der Waals surface area contributed by atoms with E-state index in [0.717, 1.165) is 23.4 Å². The Morgan fingerprint density at radius 1 is 0.963 bits per heavy atom. The molecule has 0 saturated carbocycles. The van der Waals surface area contributed by atoms with Gasteiger partial charge in [0.1, 0.15) is 5.82 Å². The van der Waals surface area contributed by atoms with E-state index < -0.39 is 0 Å². The van der Waals surface area contributed by atoms with Gasteiger partial charge in [-0.15, -0.1) is 0 Å². The summed E-state index contributed by atoms with van der Waals surface area (Å²) in [5.41, 5.74) is 2.47. The second kappa shape index (κ2) is 8.01. The van der Waals surface area contributed by atoms with E-state index in [4.69, 9.17) is 0 Å². The van der Waals surface area contributed by atoms with E-state index in [1.54, 1.807) is 17.8 Å². The zero-order valence-corrected chi connectivity index (χ0v) is 15.7. The maximum absolute atomic E-state index is 14.1. The number of carbonyl (C=O) groups excluding carboxylic acids is 1. The first-order valence-electron chi connectivity index (χ1n) is 9.11. The molecule has 2 aromatic carbocycles. The molecule has 1 amide bonds. The highest BCUT2D eigenvalue weighted by molar-refractivity contribution is 7.99. The molecule has 4 rings (SSSR count). The molecule has 1 fully saturated rings. The normalized spacial score (nSPS) is 17.5. The summed E-state index contributed by atoms with van der Waals surface area (Å²) in [6.07, 6.45) is 4.72. The summed E-state index contributed by atoms with van der Waals surface area (Å²) >= 11 is 1.73. The predicted octanol–water partition coefficient (Wildman–Crippen LogP) is 4.94. The van der Waals surface area contributed by atoms with Crippen molar-refractivity contribution in [2.45, 2.75) is 11.7 Å². The smallest absolute Gasteiger partial charge is 0.253 e. The topological polar surface area (TPSA) is 25.2 Å². The molecule has 1 aromatic heterocycles. The Balaban J connectivity index is 1.44. The highest BCUT2D eigenvalue weighted by atomic mass is 32.2. The van der Waals surface area contributed by atoms with Crippen LogP contribution in [0.2, 0.25) is 0 Å². The third-order valence-electron chi connectivity index (χ3n) is 4.90. The number of aromatic nitrogens is 1. The lowest BCUT2D eigenvalue weighted by atomic mass is 10.1. The van der Waals surface area contributed by atoms with Crippen LogP contribution in [-0.4, -0.2) is 34.2 Å². The number of benzene rings is 2. The second-order valence-corrected chi connectivity index (χ2v) is 7.91. The maximum atomic E-state index is 14.1. The lowest BCUT2D eigenvalue weighted by molar-refractivity contribution is 0.0766. The number of hydrogen-bond acceptors (Lipinski definition) is 2. The van der Waals surface area contributed by atoms with Crippen LogP contribution in [0.25, 0.3) is 5.69 Å². The van der Waals surface area contributed by atoms with Gasteiger partial charge in [-0.25, -0.2) is 4.39 Å². The number of nitrogens with zero attached hydrogens (tertiary/aromatic N) is 2. The van der Waals surface area contributed by atoms with Gasteiger partial charge in [0.2, 0.25) is 0 Å². The largest absolute Gasteiger partial charge is 0.338 e. The Morgan fingerprint density at radius 2 is 1.70 bits per heavy atom. The van der Waals surface area contributed by atoms with Crippen LogP contribution in [0.3, 0.4) is 0 Å². The van der Waals surface area contributed by atoms with Crippen LogP contribution in [0.15, 0.2) is 73.1 Å². The third kappa shape index (κ3) is 3.93. The van der Waals surface area contributed by atoms with Crippen LogP contribution in [0, 0.1) is 5.82 Å². The first kappa shape index (κ1) is 17.9. The molecular formula is C22H21FN2OS. The van der Waals surface area contributed by atoms with Gasteiger partial charge in [-0.2, -0.15) is 11.8 Å². The number of halogens is 1. The molecule has 27 heavy (non-hydrogen) atoms. The first-order valence-corrected chi connectivity index (χ1v) is 10.2. The van der Waals surface area contributed by atoms with E-state index in [1.165, 1.54) is 6.07 Å². The number of thioether (sulfide) groups is 1. The summed E-state index contributed by atoms with van der Waals surface area (Å²) in [4.78, 5) is 14.8. The fraction of sp³-hybridized carbons (Fsp3) is 0.227. The van der Waals surface area contributed by atoms with Gasteiger partial charge in [-0.05, 0) is 48.9 Å². The average Bonchev–Trinajstić information content (AvgIpc) is 3.13. The van der Waals surface area contributed by atoms with Gasteiger partial charge in [0, 0.05) is 53.3 Å². The first-order chi connectivity index (χ1) is 13.2. The van der Waals surface area contributed by atoms with Gasteiger partial charge < -0.3 is 9.47 Å². The van der Waals surface area contributed by atoms with Crippen molar-refractivity contribution < 1.29 is 9.18 Å². The van der Waals surface area contributed by atoms with E-state index in [2.05, 4.69) is 0 Å². The van der Waals surface area contributed by atoms with E-state index in [0.29, 0.717) is 18.7 Å². The molecule has 2 heterocycles. The quantitative estimate of drug-likeness (QED) is 0.643. The molecule has 0 N–H and O–H groups in total. The Bertz CT molecular complexity index is 908. The van der Waals surface area contributed by atoms with Gasteiger partial charge >= 0.3 is 0 Å². The van der Waals surface area contributed by atoms with Gasteiger partial charge in [-0.3, -0.25) is 4.79 Å². The maximum Gasteiger partial charge on any atom is 0.253 e. The third-order valence-corrected chi connectivity index (χ3v) is 6.21. The number of carbonyl (C=O) groups is 1. The monoisotopic (exact) mass is 380 g/mol. The minimum Gasteiger partial charge on any atom is -0.338 e. The number of amides is 1. The summed E-state index contributed by atoms with van der Waals surface area (Å²) in [6, 6.07) is 18.6. The SMILES string of the molecule is O=C(c1ccc(-n2cccc2)cc1)N1CCSC(c2ccccc2F)CC1. The molecule has 3 nitrogen and oxygen atoms in total. The standard InChI is InChI=1S/C22H21FN2OS/c23-20-6-2-1-5-19(20)21-11-14-25(15-16-27-21)22(26)17-7-9-18(10-8-17)24-12-3-4-13-24/h1-10,12-13,21H,11,14-16H2. The summed E-state index contributed by atoms with van der Waals surface area (Å²) in [5, 5.41) is 0.0973. The highest BCUT2D eigenvalue weighted by Crippen LogP contribution is 2.35. The fourth-order valence-corrected chi connectivity index (χ4v) is 4.68. The van der Waals surface area contributed by atoms with Crippen LogP contribution in [-0.2, 0) is 0 Å². The summed E-state index contributed by atoms with van der Waals surface area (Å²) < 4.78 is 16.1. The van der Waals surface area contributed by atoms with Crippen molar-refractivity contribution in [3.05, 3.63) is 90.0 Å². The van der Waals surface area contributed by atoms with Crippen molar-refractivity contribution >= 4 is 17.7 Å². The van der Waals surface area contributed by atoms with Crippen LogP contribution >= 0.6 is 11.8 Å². The molecule has 1 aliphatic rings. The van der Waals surface area contributed by atoms with Gasteiger partial charge in [-0.1, -0.05) is 18.2 Å². The van der Waals surface area contributed by atoms with Gasteiger partial charge in [0.15, 0.2) is 0 Å². The minimum absolute atomic E-state index is 0.0452. The molecule has 0 bridgehead atoms. The van der Waals surface area contributed by atoms with Crippen LogP contribution in [0.1, 0.15) is 27.6 Å². The summed E-state index contributed by atoms with van der Waals surface area (Å²) in [6.45, 7) is 1.33. The molecule has 1 atom stereocenters. The summed E-state index contributed by atoms with van der Waals surface area (Å²) in [5.74, 6) is 0.700. The molecule has 138 valence electrons. The molecule has 1 unspecified atom stereocenters. The van der Waals surface area contributed by atoms with Crippen molar-refractivity contribution in [1.82, 2.24) is 9.47 Å². The molecule has 0 aliphatic carbocycles. The highest BCUT2D eigenvalue weighted by Gasteiger charge is 2.24. The van der Waals surface area contributed by atoms with Crippen molar-refractivity contribution in [3.8, 4) is 5.69 Å². The Hall–Kier alpha value is -2.53. The molecule has 1 aliphatic heterocycles. The fourth-order valence-electron chi connectivity index (χ4n) is 3.42. The predicted molar refractivity (Wildman–Crippen MR) is 108 cm³/mol. The van der Waals surface area contributed by atoms with Crippen LogP contribution in [0.4, 0.5) is 4.39 Å². The Kier molecular flexibility index (Phi) is 5.30. The van der Waals surface area contributed by atoms with Crippen LogP contribution in [0.5, 0.6) is 0 Å². The Labute approximate surface area is 162 Å².